The summed E-state index contributed by atoms with van der Waals surface area (Å²) in [5.41, 5.74) is 5.93. The zero-order valence-corrected chi connectivity index (χ0v) is 11.7. The van der Waals surface area contributed by atoms with Crippen molar-refractivity contribution in [2.45, 2.75) is 31.8 Å². The van der Waals surface area contributed by atoms with E-state index in [9.17, 15) is 9.59 Å². The van der Waals surface area contributed by atoms with Crippen LogP contribution in [0.3, 0.4) is 0 Å². The van der Waals surface area contributed by atoms with Gasteiger partial charge in [-0.25, -0.2) is 9.48 Å². The third-order valence-corrected chi connectivity index (χ3v) is 3.34. The van der Waals surface area contributed by atoms with Crippen LogP contribution < -0.4 is 5.73 Å². The molecule has 0 bridgehead atoms. The molecule has 0 fully saturated rings. The number of aromatic nitrogens is 2. The minimum absolute atomic E-state index is 0.0273. The van der Waals surface area contributed by atoms with Crippen molar-refractivity contribution in [3.63, 3.8) is 0 Å². The van der Waals surface area contributed by atoms with Gasteiger partial charge in [0.1, 0.15) is 23.0 Å². The van der Waals surface area contributed by atoms with E-state index in [1.165, 1.54) is 11.8 Å². The molecule has 8 heteroatoms. The van der Waals surface area contributed by atoms with E-state index in [4.69, 9.17) is 15.6 Å². The topological polar surface area (TPSA) is 107 Å². The van der Waals surface area contributed by atoms with E-state index in [0.29, 0.717) is 5.03 Å². The summed E-state index contributed by atoms with van der Waals surface area (Å²) in [6.45, 7) is 3.52. The SMILES string of the molecule is CCCSc1nn(CC(=O)O)c(N)c1C(=O)OCC. The largest absolute Gasteiger partial charge is 0.480 e. The third kappa shape index (κ3) is 3.88. The van der Waals surface area contributed by atoms with E-state index in [2.05, 4.69) is 5.10 Å². The molecule has 0 aliphatic rings. The highest BCUT2D eigenvalue weighted by Crippen LogP contribution is 2.27. The normalized spacial score (nSPS) is 10.4. The first-order valence-corrected chi connectivity index (χ1v) is 6.87. The molecule has 0 atom stereocenters. The van der Waals surface area contributed by atoms with Crippen LogP contribution in [0, 0.1) is 0 Å². The fourth-order valence-corrected chi connectivity index (χ4v) is 2.28. The Balaban J connectivity index is 3.11. The Bertz CT molecular complexity index is 473. The number of nitrogens with two attached hydrogens (primary N) is 1. The van der Waals surface area contributed by atoms with Gasteiger partial charge < -0.3 is 15.6 Å². The Morgan fingerprint density at radius 1 is 1.47 bits per heavy atom. The second-order valence-electron chi connectivity index (χ2n) is 3.69. The van der Waals surface area contributed by atoms with Crippen LogP contribution in [0.15, 0.2) is 5.03 Å². The first-order chi connectivity index (χ1) is 9.01. The zero-order valence-electron chi connectivity index (χ0n) is 10.9. The summed E-state index contributed by atoms with van der Waals surface area (Å²) in [7, 11) is 0. The van der Waals surface area contributed by atoms with Gasteiger partial charge in [-0.05, 0) is 19.1 Å². The third-order valence-electron chi connectivity index (χ3n) is 2.17. The number of thioether (sulfide) groups is 1. The van der Waals surface area contributed by atoms with Gasteiger partial charge in [-0.1, -0.05) is 6.92 Å². The molecule has 7 nitrogen and oxygen atoms in total. The zero-order chi connectivity index (χ0) is 14.4. The van der Waals surface area contributed by atoms with E-state index in [1.807, 2.05) is 6.92 Å². The van der Waals surface area contributed by atoms with E-state index < -0.39 is 11.9 Å². The van der Waals surface area contributed by atoms with Crippen molar-refractivity contribution in [3.8, 4) is 0 Å². The summed E-state index contributed by atoms with van der Waals surface area (Å²) < 4.78 is 6.02. The number of hydrogen-bond acceptors (Lipinski definition) is 6. The number of carbonyl (C=O) groups is 2. The predicted octanol–water partition coefficient (Wildman–Crippen LogP) is 1.23. The lowest BCUT2D eigenvalue weighted by molar-refractivity contribution is -0.137. The summed E-state index contributed by atoms with van der Waals surface area (Å²) >= 11 is 1.36. The predicted molar refractivity (Wildman–Crippen MR) is 71.2 cm³/mol. The molecule has 1 aromatic heterocycles. The van der Waals surface area contributed by atoms with Crippen LogP contribution in [0.1, 0.15) is 30.6 Å². The maximum Gasteiger partial charge on any atom is 0.344 e. The molecule has 1 heterocycles. The summed E-state index contributed by atoms with van der Waals surface area (Å²) in [6, 6.07) is 0. The van der Waals surface area contributed by atoms with Gasteiger partial charge in [-0.15, -0.1) is 11.8 Å². The average Bonchev–Trinajstić information content (AvgIpc) is 2.63. The molecule has 3 N–H and O–H groups in total. The molecule has 0 aromatic carbocycles. The van der Waals surface area contributed by atoms with Crippen LogP contribution >= 0.6 is 11.8 Å². The van der Waals surface area contributed by atoms with E-state index in [0.717, 1.165) is 16.9 Å². The quantitative estimate of drug-likeness (QED) is 0.573. The fraction of sp³-hybridized carbons (Fsp3) is 0.545. The summed E-state index contributed by atoms with van der Waals surface area (Å²) in [5.74, 6) is -0.859. The molecule has 1 aromatic rings. The number of aliphatic carboxylic acids is 1. The number of carboxylic acids is 1. The van der Waals surface area contributed by atoms with Crippen LogP contribution in [-0.2, 0) is 16.1 Å². The van der Waals surface area contributed by atoms with Crippen molar-refractivity contribution in [2.75, 3.05) is 18.1 Å². The fourth-order valence-electron chi connectivity index (χ4n) is 1.40. The van der Waals surface area contributed by atoms with Crippen LogP contribution in [-0.4, -0.2) is 39.2 Å². The Morgan fingerprint density at radius 2 is 2.16 bits per heavy atom. The van der Waals surface area contributed by atoms with Gasteiger partial charge >= 0.3 is 11.9 Å². The second-order valence-corrected chi connectivity index (χ2v) is 4.77. The molecule has 0 saturated carbocycles. The lowest BCUT2D eigenvalue weighted by Gasteiger charge is -2.03. The van der Waals surface area contributed by atoms with Gasteiger partial charge in [0.05, 0.1) is 6.61 Å². The van der Waals surface area contributed by atoms with Crippen LogP contribution in [0.4, 0.5) is 5.82 Å². The van der Waals surface area contributed by atoms with Gasteiger partial charge in [0.25, 0.3) is 0 Å². The Morgan fingerprint density at radius 3 is 2.68 bits per heavy atom. The standard InChI is InChI=1S/C11H17N3O4S/c1-3-5-19-10-8(11(17)18-4-2)9(12)14(13-10)6-7(15)16/h3-6,12H2,1-2H3,(H,15,16). The highest BCUT2D eigenvalue weighted by Gasteiger charge is 2.24. The van der Waals surface area contributed by atoms with E-state index >= 15 is 0 Å². The lowest BCUT2D eigenvalue weighted by Crippen LogP contribution is -2.14. The molecule has 0 aliphatic carbocycles. The van der Waals surface area contributed by atoms with E-state index in [-0.39, 0.29) is 24.5 Å². The molecule has 0 amide bonds. The van der Waals surface area contributed by atoms with Crippen molar-refractivity contribution < 1.29 is 19.4 Å². The highest BCUT2D eigenvalue weighted by molar-refractivity contribution is 7.99. The first kappa shape index (κ1) is 15.4. The number of nitrogens with zero attached hydrogens (tertiary/aromatic N) is 2. The van der Waals surface area contributed by atoms with Crippen molar-refractivity contribution in [1.82, 2.24) is 9.78 Å². The van der Waals surface area contributed by atoms with E-state index in [1.54, 1.807) is 6.92 Å². The minimum atomic E-state index is -1.07. The molecule has 0 radical (unpaired) electrons. The van der Waals surface area contributed by atoms with Gasteiger partial charge in [0, 0.05) is 0 Å². The van der Waals surface area contributed by atoms with Gasteiger partial charge in [0.2, 0.25) is 0 Å². The highest BCUT2D eigenvalue weighted by atomic mass is 32.2. The monoisotopic (exact) mass is 287 g/mol. The molecule has 19 heavy (non-hydrogen) atoms. The number of carbonyl (C=O) groups excluding carboxylic acids is 1. The second kappa shape index (κ2) is 7.03. The number of ether oxygens (including phenoxy) is 1. The van der Waals surface area contributed by atoms with Crippen molar-refractivity contribution in [3.05, 3.63) is 5.56 Å². The summed E-state index contributed by atoms with van der Waals surface area (Å²) in [6.07, 6.45) is 0.901. The molecular weight excluding hydrogens is 270 g/mol. The maximum atomic E-state index is 11.8. The molecular formula is C11H17N3O4S. The lowest BCUT2D eigenvalue weighted by atomic mass is 10.3. The van der Waals surface area contributed by atoms with Crippen molar-refractivity contribution >= 4 is 29.5 Å². The van der Waals surface area contributed by atoms with Gasteiger partial charge in [-0.3, -0.25) is 4.79 Å². The first-order valence-electron chi connectivity index (χ1n) is 5.89. The Labute approximate surface area is 115 Å². The molecule has 0 unspecified atom stereocenters. The number of rotatable bonds is 7. The molecule has 0 spiro atoms. The van der Waals surface area contributed by atoms with Crippen LogP contribution in [0.25, 0.3) is 0 Å². The van der Waals surface area contributed by atoms with Crippen molar-refractivity contribution in [2.24, 2.45) is 0 Å². The Hall–Kier alpha value is -1.70. The van der Waals surface area contributed by atoms with Crippen molar-refractivity contribution in [1.29, 1.82) is 0 Å². The van der Waals surface area contributed by atoms with Crippen LogP contribution in [0.2, 0.25) is 0 Å². The number of nitrogen functional groups attached to an aromatic ring is 1. The van der Waals surface area contributed by atoms with Gasteiger partial charge in [-0.2, -0.15) is 5.10 Å². The van der Waals surface area contributed by atoms with Gasteiger partial charge in [0.15, 0.2) is 0 Å². The average molecular weight is 287 g/mol. The summed E-state index contributed by atoms with van der Waals surface area (Å²) in [4.78, 5) is 22.5. The minimum Gasteiger partial charge on any atom is -0.480 e. The molecule has 106 valence electrons. The maximum absolute atomic E-state index is 11.8. The van der Waals surface area contributed by atoms with Crippen LogP contribution in [0.5, 0.6) is 0 Å². The number of anilines is 1. The molecule has 1 rings (SSSR count). The Kier molecular flexibility index (Phi) is 5.68. The molecule has 0 aliphatic heterocycles. The number of esters is 1. The number of hydrogen-bond donors (Lipinski definition) is 2. The number of carboxylic acid groups (broad SMARTS) is 1. The smallest absolute Gasteiger partial charge is 0.344 e. The molecule has 0 saturated heterocycles. The summed E-state index contributed by atoms with van der Waals surface area (Å²) in [5, 5.41) is 13.2.